The average Bonchev–Trinajstić information content (AvgIpc) is 2.24. The molecule has 0 unspecified atom stereocenters. The summed E-state index contributed by atoms with van der Waals surface area (Å²) in [5, 5.41) is 9.00. The van der Waals surface area contributed by atoms with Crippen LogP contribution in [0.15, 0.2) is 30.3 Å². The van der Waals surface area contributed by atoms with Gasteiger partial charge in [0.2, 0.25) is 0 Å². The number of carboxylic acids is 1. The van der Waals surface area contributed by atoms with Crippen LogP contribution in [-0.4, -0.2) is 36.1 Å². The number of aryl methyl sites for hydroxylation is 1. The highest BCUT2D eigenvalue weighted by Crippen LogP contribution is 2.09. The molecule has 16 heavy (non-hydrogen) atoms. The molecular weight excluding hydrogens is 202 g/mol. The third-order valence-electron chi connectivity index (χ3n) is 2.69. The second-order valence-electron chi connectivity index (χ2n) is 4.20. The Kier molecular flexibility index (Phi) is 4.99. The summed E-state index contributed by atoms with van der Waals surface area (Å²) in [6, 6.07) is 9.79. The van der Waals surface area contributed by atoms with Crippen molar-refractivity contribution in [2.45, 2.75) is 25.3 Å². The van der Waals surface area contributed by atoms with E-state index >= 15 is 0 Å². The fraction of sp³-hybridized carbons (Fsp3) is 0.462. The summed E-state index contributed by atoms with van der Waals surface area (Å²) in [5.74, 6) is -0.738. The molecule has 0 aliphatic heterocycles. The molecule has 0 saturated carbocycles. The SMILES string of the molecule is CN(C)[C@@H](CCCc1ccccc1)C(=O)O. The summed E-state index contributed by atoms with van der Waals surface area (Å²) >= 11 is 0. The zero-order valence-corrected chi connectivity index (χ0v) is 9.89. The predicted molar refractivity (Wildman–Crippen MR) is 64.5 cm³/mol. The molecule has 1 rings (SSSR count). The lowest BCUT2D eigenvalue weighted by Crippen LogP contribution is -2.35. The van der Waals surface area contributed by atoms with Crippen molar-refractivity contribution in [3.05, 3.63) is 35.9 Å². The van der Waals surface area contributed by atoms with Gasteiger partial charge in [0, 0.05) is 0 Å². The van der Waals surface area contributed by atoms with E-state index in [1.54, 1.807) is 19.0 Å². The number of benzene rings is 1. The number of hydrogen-bond acceptors (Lipinski definition) is 2. The van der Waals surface area contributed by atoms with Crippen LogP contribution in [0.3, 0.4) is 0 Å². The maximum absolute atomic E-state index is 10.9. The van der Waals surface area contributed by atoms with Gasteiger partial charge in [-0.25, -0.2) is 0 Å². The Morgan fingerprint density at radius 3 is 2.44 bits per heavy atom. The van der Waals surface area contributed by atoms with Crippen LogP contribution in [-0.2, 0) is 11.2 Å². The van der Waals surface area contributed by atoms with E-state index in [4.69, 9.17) is 5.11 Å². The lowest BCUT2D eigenvalue weighted by atomic mass is 10.0. The van der Waals surface area contributed by atoms with Gasteiger partial charge in [-0.1, -0.05) is 30.3 Å². The van der Waals surface area contributed by atoms with Crippen molar-refractivity contribution in [2.24, 2.45) is 0 Å². The molecule has 0 aliphatic carbocycles. The first kappa shape index (κ1) is 12.7. The van der Waals surface area contributed by atoms with Gasteiger partial charge in [-0.3, -0.25) is 9.69 Å². The summed E-state index contributed by atoms with van der Waals surface area (Å²) in [5.41, 5.74) is 1.27. The molecule has 3 nitrogen and oxygen atoms in total. The fourth-order valence-corrected chi connectivity index (χ4v) is 1.75. The number of rotatable bonds is 6. The minimum atomic E-state index is -0.738. The highest BCUT2D eigenvalue weighted by Gasteiger charge is 2.18. The molecule has 3 heteroatoms. The van der Waals surface area contributed by atoms with Crippen molar-refractivity contribution in [3.63, 3.8) is 0 Å². The van der Waals surface area contributed by atoms with Gasteiger partial charge < -0.3 is 5.11 Å². The molecule has 0 amide bonds. The van der Waals surface area contributed by atoms with E-state index in [1.807, 2.05) is 18.2 Å². The van der Waals surface area contributed by atoms with E-state index in [0.717, 1.165) is 12.8 Å². The maximum atomic E-state index is 10.9. The number of carboxylic acid groups (broad SMARTS) is 1. The van der Waals surface area contributed by atoms with E-state index in [-0.39, 0.29) is 6.04 Å². The van der Waals surface area contributed by atoms with Crippen molar-refractivity contribution < 1.29 is 9.90 Å². The topological polar surface area (TPSA) is 40.5 Å². The van der Waals surface area contributed by atoms with Crippen molar-refractivity contribution in [3.8, 4) is 0 Å². The predicted octanol–water partition coefficient (Wildman–Crippen LogP) is 2.02. The Balaban J connectivity index is 2.37. The molecule has 88 valence electrons. The molecule has 1 atom stereocenters. The molecule has 0 aliphatic rings. The number of likely N-dealkylation sites (N-methyl/N-ethyl adjacent to an activating group) is 1. The van der Waals surface area contributed by atoms with Gasteiger partial charge in [0.25, 0.3) is 0 Å². The molecule has 0 spiro atoms. The molecule has 0 radical (unpaired) electrons. The third-order valence-corrected chi connectivity index (χ3v) is 2.69. The summed E-state index contributed by atoms with van der Waals surface area (Å²) < 4.78 is 0. The first-order chi connectivity index (χ1) is 7.61. The van der Waals surface area contributed by atoms with Crippen LogP contribution >= 0.6 is 0 Å². The fourth-order valence-electron chi connectivity index (χ4n) is 1.75. The summed E-state index contributed by atoms with van der Waals surface area (Å²) in [4.78, 5) is 12.7. The van der Waals surface area contributed by atoms with Crippen LogP contribution in [0.2, 0.25) is 0 Å². The van der Waals surface area contributed by atoms with E-state index < -0.39 is 5.97 Å². The summed E-state index contributed by atoms with van der Waals surface area (Å²) in [6.45, 7) is 0. The van der Waals surface area contributed by atoms with Gasteiger partial charge in [-0.2, -0.15) is 0 Å². The second kappa shape index (κ2) is 6.28. The largest absolute Gasteiger partial charge is 0.480 e. The van der Waals surface area contributed by atoms with Gasteiger partial charge in [0.15, 0.2) is 0 Å². The normalized spacial score (nSPS) is 12.7. The quantitative estimate of drug-likeness (QED) is 0.799. The maximum Gasteiger partial charge on any atom is 0.320 e. The lowest BCUT2D eigenvalue weighted by Gasteiger charge is -2.19. The minimum absolute atomic E-state index is 0.372. The molecule has 0 aromatic heterocycles. The van der Waals surface area contributed by atoms with E-state index in [1.165, 1.54) is 5.56 Å². The number of nitrogens with zero attached hydrogens (tertiary/aromatic N) is 1. The van der Waals surface area contributed by atoms with E-state index in [0.29, 0.717) is 6.42 Å². The van der Waals surface area contributed by atoms with Gasteiger partial charge >= 0.3 is 5.97 Å². The molecule has 0 bridgehead atoms. The molecule has 1 aromatic carbocycles. The van der Waals surface area contributed by atoms with Crippen LogP contribution in [0.4, 0.5) is 0 Å². The summed E-state index contributed by atoms with van der Waals surface area (Å²) in [6.07, 6.45) is 2.54. The Bertz CT molecular complexity index is 322. The minimum Gasteiger partial charge on any atom is -0.480 e. The Morgan fingerprint density at radius 2 is 1.94 bits per heavy atom. The number of aliphatic carboxylic acids is 1. The van der Waals surface area contributed by atoms with Crippen molar-refractivity contribution >= 4 is 5.97 Å². The average molecular weight is 221 g/mol. The standard InChI is InChI=1S/C13H19NO2/c1-14(2)12(13(15)16)10-6-9-11-7-4-3-5-8-11/h3-5,7-8,12H,6,9-10H2,1-2H3,(H,15,16)/t12-/m0/s1. The van der Waals surface area contributed by atoms with Crippen LogP contribution < -0.4 is 0 Å². The summed E-state index contributed by atoms with van der Waals surface area (Å²) in [7, 11) is 3.61. The lowest BCUT2D eigenvalue weighted by molar-refractivity contribution is -0.142. The van der Waals surface area contributed by atoms with E-state index in [9.17, 15) is 4.79 Å². The Labute approximate surface area is 96.7 Å². The van der Waals surface area contributed by atoms with Crippen LogP contribution in [0, 0.1) is 0 Å². The van der Waals surface area contributed by atoms with Crippen LogP contribution in [0.1, 0.15) is 18.4 Å². The van der Waals surface area contributed by atoms with Crippen molar-refractivity contribution in [1.29, 1.82) is 0 Å². The van der Waals surface area contributed by atoms with Crippen molar-refractivity contribution in [1.82, 2.24) is 4.90 Å². The van der Waals surface area contributed by atoms with Crippen LogP contribution in [0.25, 0.3) is 0 Å². The molecule has 1 aromatic rings. The Morgan fingerprint density at radius 1 is 1.31 bits per heavy atom. The second-order valence-corrected chi connectivity index (χ2v) is 4.20. The third kappa shape index (κ3) is 4.03. The highest BCUT2D eigenvalue weighted by molar-refractivity contribution is 5.73. The van der Waals surface area contributed by atoms with Gasteiger partial charge in [-0.05, 0) is 38.9 Å². The molecule has 0 heterocycles. The van der Waals surface area contributed by atoms with Crippen LogP contribution in [0.5, 0.6) is 0 Å². The zero-order chi connectivity index (χ0) is 12.0. The monoisotopic (exact) mass is 221 g/mol. The highest BCUT2D eigenvalue weighted by atomic mass is 16.4. The molecular formula is C13H19NO2. The van der Waals surface area contributed by atoms with Crippen molar-refractivity contribution in [2.75, 3.05) is 14.1 Å². The molecule has 1 N–H and O–H groups in total. The first-order valence-corrected chi connectivity index (χ1v) is 5.54. The van der Waals surface area contributed by atoms with E-state index in [2.05, 4.69) is 12.1 Å². The van der Waals surface area contributed by atoms with Gasteiger partial charge in [-0.15, -0.1) is 0 Å². The number of hydrogen-bond donors (Lipinski definition) is 1. The smallest absolute Gasteiger partial charge is 0.320 e. The molecule has 0 saturated heterocycles. The van der Waals surface area contributed by atoms with Gasteiger partial charge in [0.1, 0.15) is 6.04 Å². The molecule has 0 fully saturated rings. The number of carbonyl (C=O) groups is 1. The Hall–Kier alpha value is -1.35. The van der Waals surface area contributed by atoms with Gasteiger partial charge in [0.05, 0.1) is 0 Å². The first-order valence-electron chi connectivity index (χ1n) is 5.54. The zero-order valence-electron chi connectivity index (χ0n) is 9.89.